The Morgan fingerprint density at radius 1 is 1.10 bits per heavy atom. The van der Waals surface area contributed by atoms with Gasteiger partial charge in [-0.15, -0.1) is 0 Å². The fourth-order valence-corrected chi connectivity index (χ4v) is 2.28. The van der Waals surface area contributed by atoms with Crippen molar-refractivity contribution in [1.82, 2.24) is 9.97 Å². The van der Waals surface area contributed by atoms with Gasteiger partial charge in [0.15, 0.2) is 0 Å². The van der Waals surface area contributed by atoms with Gasteiger partial charge >= 0.3 is 0 Å². The minimum Gasteiger partial charge on any atom is -0.438 e. The molecule has 3 aromatic rings. The summed E-state index contributed by atoms with van der Waals surface area (Å²) in [6.07, 6.45) is 1.39. The van der Waals surface area contributed by atoms with E-state index in [1.807, 2.05) is 0 Å². The minimum absolute atomic E-state index is 0.333. The number of halogens is 2. The maximum Gasteiger partial charge on any atom is 0.230 e. The molecular formula is C14H9BrFN3O. The molecule has 0 spiro atoms. The zero-order chi connectivity index (χ0) is 14.1. The first-order valence-electron chi connectivity index (χ1n) is 5.76. The second-order valence-corrected chi connectivity index (χ2v) is 5.08. The van der Waals surface area contributed by atoms with Crippen molar-refractivity contribution < 1.29 is 9.13 Å². The molecule has 0 aliphatic rings. The van der Waals surface area contributed by atoms with E-state index in [1.54, 1.807) is 24.3 Å². The number of hydrogen-bond donors (Lipinski definition) is 1. The number of nitrogen functional groups attached to an aromatic ring is 1. The van der Waals surface area contributed by atoms with Crippen molar-refractivity contribution in [1.29, 1.82) is 0 Å². The number of fused-ring (bicyclic) bond motifs is 1. The average Bonchev–Trinajstić information content (AvgIpc) is 2.38. The van der Waals surface area contributed by atoms with Gasteiger partial charge in [0.1, 0.15) is 17.9 Å². The molecule has 2 aromatic carbocycles. The second kappa shape index (κ2) is 5.05. The lowest BCUT2D eigenvalue weighted by Crippen LogP contribution is -1.93. The second-order valence-electron chi connectivity index (χ2n) is 4.16. The van der Waals surface area contributed by atoms with Gasteiger partial charge in [0.25, 0.3) is 0 Å². The van der Waals surface area contributed by atoms with Crippen LogP contribution in [0.15, 0.2) is 47.2 Å². The average molecular weight is 334 g/mol. The number of rotatable bonds is 2. The summed E-state index contributed by atoms with van der Waals surface area (Å²) in [7, 11) is 0. The maximum atomic E-state index is 13.3. The molecule has 3 rings (SSSR count). The molecule has 0 unspecified atom stereocenters. The highest BCUT2D eigenvalue weighted by atomic mass is 79.9. The summed E-state index contributed by atoms with van der Waals surface area (Å²) in [5.41, 5.74) is 7.04. The van der Waals surface area contributed by atoms with Crippen molar-refractivity contribution >= 4 is 32.5 Å². The molecule has 6 heteroatoms. The highest BCUT2D eigenvalue weighted by Crippen LogP contribution is 2.29. The Hall–Kier alpha value is -2.21. The molecule has 1 aromatic heterocycles. The molecular weight excluding hydrogens is 325 g/mol. The Bertz CT molecular complexity index is 774. The molecule has 0 radical (unpaired) electrons. The van der Waals surface area contributed by atoms with E-state index in [9.17, 15) is 4.39 Å². The van der Waals surface area contributed by atoms with E-state index in [-0.39, 0.29) is 0 Å². The van der Waals surface area contributed by atoms with Crippen LogP contribution in [0.4, 0.5) is 10.1 Å². The van der Waals surface area contributed by atoms with E-state index in [2.05, 4.69) is 25.9 Å². The highest BCUT2D eigenvalue weighted by molar-refractivity contribution is 9.10. The van der Waals surface area contributed by atoms with Crippen LogP contribution in [0.1, 0.15) is 0 Å². The molecule has 0 bridgehead atoms. The number of anilines is 1. The normalized spacial score (nSPS) is 10.7. The largest absolute Gasteiger partial charge is 0.438 e. The zero-order valence-corrected chi connectivity index (χ0v) is 11.8. The standard InChI is InChI=1S/C14H9BrFN3O/c15-8-3-9(16)5-11(4-8)20-14-12-6-10(17)1-2-13(12)18-7-19-14/h1-7H,17H2. The van der Waals surface area contributed by atoms with E-state index in [4.69, 9.17) is 10.5 Å². The Labute approximate surface area is 122 Å². The van der Waals surface area contributed by atoms with Crippen molar-refractivity contribution in [2.75, 3.05) is 5.73 Å². The van der Waals surface area contributed by atoms with Crippen LogP contribution in [-0.2, 0) is 0 Å². The smallest absolute Gasteiger partial charge is 0.230 e. The molecule has 0 atom stereocenters. The zero-order valence-electron chi connectivity index (χ0n) is 10.2. The van der Waals surface area contributed by atoms with Crippen LogP contribution >= 0.6 is 15.9 Å². The van der Waals surface area contributed by atoms with Gasteiger partial charge < -0.3 is 10.5 Å². The Kier molecular flexibility index (Phi) is 3.23. The van der Waals surface area contributed by atoms with Crippen LogP contribution in [0, 0.1) is 5.82 Å². The van der Waals surface area contributed by atoms with Gasteiger partial charge in [-0.2, -0.15) is 0 Å². The van der Waals surface area contributed by atoms with Crippen molar-refractivity contribution in [2.45, 2.75) is 0 Å². The summed E-state index contributed by atoms with van der Waals surface area (Å²) in [6.45, 7) is 0. The van der Waals surface area contributed by atoms with Gasteiger partial charge in [-0.3, -0.25) is 0 Å². The molecule has 0 fully saturated rings. The Morgan fingerprint density at radius 2 is 1.95 bits per heavy atom. The lowest BCUT2D eigenvalue weighted by molar-refractivity contribution is 0.462. The topological polar surface area (TPSA) is 61.0 Å². The summed E-state index contributed by atoms with van der Waals surface area (Å²) in [4.78, 5) is 8.21. The Balaban J connectivity index is 2.08. The number of aromatic nitrogens is 2. The Morgan fingerprint density at radius 3 is 2.75 bits per heavy atom. The summed E-state index contributed by atoms with van der Waals surface area (Å²) >= 11 is 3.21. The molecule has 0 saturated carbocycles. The molecule has 0 saturated heterocycles. The first-order valence-corrected chi connectivity index (χ1v) is 6.55. The van der Waals surface area contributed by atoms with Crippen LogP contribution in [0.25, 0.3) is 10.9 Å². The molecule has 4 nitrogen and oxygen atoms in total. The quantitative estimate of drug-likeness (QED) is 0.722. The third-order valence-corrected chi connectivity index (χ3v) is 3.13. The lowest BCUT2D eigenvalue weighted by Gasteiger charge is -2.08. The van der Waals surface area contributed by atoms with E-state index in [0.29, 0.717) is 32.7 Å². The van der Waals surface area contributed by atoms with Crippen LogP contribution in [-0.4, -0.2) is 9.97 Å². The van der Waals surface area contributed by atoms with E-state index in [0.717, 1.165) is 0 Å². The van der Waals surface area contributed by atoms with Crippen LogP contribution < -0.4 is 10.5 Å². The van der Waals surface area contributed by atoms with E-state index >= 15 is 0 Å². The minimum atomic E-state index is -0.396. The van der Waals surface area contributed by atoms with Gasteiger partial charge in [0, 0.05) is 16.2 Å². The predicted molar refractivity (Wildman–Crippen MR) is 78.1 cm³/mol. The number of ether oxygens (including phenoxy) is 1. The van der Waals surface area contributed by atoms with Crippen LogP contribution in [0.2, 0.25) is 0 Å². The van der Waals surface area contributed by atoms with Crippen LogP contribution in [0.5, 0.6) is 11.6 Å². The fourth-order valence-electron chi connectivity index (χ4n) is 1.83. The first kappa shape index (κ1) is 12.8. The monoisotopic (exact) mass is 333 g/mol. The summed E-state index contributed by atoms with van der Waals surface area (Å²) in [6, 6.07) is 9.54. The SMILES string of the molecule is Nc1ccc2ncnc(Oc3cc(F)cc(Br)c3)c2c1. The molecule has 1 heterocycles. The van der Waals surface area contributed by atoms with Crippen molar-refractivity contribution in [3.63, 3.8) is 0 Å². The predicted octanol–water partition coefficient (Wildman–Crippen LogP) is 3.91. The van der Waals surface area contributed by atoms with Crippen molar-refractivity contribution in [3.8, 4) is 11.6 Å². The summed E-state index contributed by atoms with van der Waals surface area (Å²) in [5, 5.41) is 0.674. The van der Waals surface area contributed by atoms with E-state index in [1.165, 1.54) is 18.5 Å². The molecule has 100 valence electrons. The summed E-state index contributed by atoms with van der Waals surface area (Å²) < 4.78 is 19.6. The number of nitrogens with zero attached hydrogens (tertiary/aromatic N) is 2. The lowest BCUT2D eigenvalue weighted by atomic mass is 10.2. The number of hydrogen-bond acceptors (Lipinski definition) is 4. The number of nitrogens with two attached hydrogens (primary N) is 1. The number of benzene rings is 2. The summed E-state index contributed by atoms with van der Waals surface area (Å²) in [5.74, 6) is 0.284. The third-order valence-electron chi connectivity index (χ3n) is 2.67. The van der Waals surface area contributed by atoms with Crippen molar-refractivity contribution in [2.24, 2.45) is 0 Å². The molecule has 0 amide bonds. The fraction of sp³-hybridized carbons (Fsp3) is 0. The molecule has 2 N–H and O–H groups in total. The van der Waals surface area contributed by atoms with Gasteiger partial charge in [-0.1, -0.05) is 15.9 Å². The van der Waals surface area contributed by atoms with Gasteiger partial charge in [0.2, 0.25) is 5.88 Å². The third kappa shape index (κ3) is 2.55. The molecule has 0 aliphatic carbocycles. The van der Waals surface area contributed by atoms with Gasteiger partial charge in [-0.25, -0.2) is 14.4 Å². The van der Waals surface area contributed by atoms with E-state index < -0.39 is 5.82 Å². The first-order chi connectivity index (χ1) is 9.61. The molecule has 20 heavy (non-hydrogen) atoms. The van der Waals surface area contributed by atoms with Gasteiger partial charge in [0.05, 0.1) is 10.9 Å². The van der Waals surface area contributed by atoms with Gasteiger partial charge in [-0.05, 0) is 30.3 Å². The van der Waals surface area contributed by atoms with Crippen molar-refractivity contribution in [3.05, 3.63) is 53.0 Å². The maximum absolute atomic E-state index is 13.3. The highest BCUT2D eigenvalue weighted by Gasteiger charge is 2.08. The van der Waals surface area contributed by atoms with Crippen LogP contribution in [0.3, 0.4) is 0 Å². The molecule has 0 aliphatic heterocycles.